The number of para-hydroxylation sites is 3. The summed E-state index contributed by atoms with van der Waals surface area (Å²) in [4.78, 5) is 12.3. The summed E-state index contributed by atoms with van der Waals surface area (Å²) in [7, 11) is 0. The summed E-state index contributed by atoms with van der Waals surface area (Å²) in [6.07, 6.45) is 1.03. The number of hydrogen-bond acceptors (Lipinski definition) is 3. The molecule has 0 fully saturated rings. The van der Waals surface area contributed by atoms with Gasteiger partial charge in [0.25, 0.3) is 0 Å². The summed E-state index contributed by atoms with van der Waals surface area (Å²) in [5, 5.41) is 4.05. The first-order valence-corrected chi connectivity index (χ1v) is 8.93. The molecule has 0 saturated carbocycles. The molecule has 0 aliphatic heterocycles. The number of aryl methyl sites for hydroxylation is 1. The first kappa shape index (κ1) is 18.0. The molecule has 0 aliphatic carbocycles. The van der Waals surface area contributed by atoms with E-state index in [4.69, 9.17) is 16.3 Å². The molecule has 0 saturated heterocycles. The van der Waals surface area contributed by atoms with Gasteiger partial charge in [0.1, 0.15) is 5.75 Å². The standard InChI is InChI=1S/C22H20ClNO2/c1-2-16-10-8-13-19(23)22(16)24-20-14-7-6-9-17(20)15-21(25)26-18-11-4-3-5-12-18/h3-14,24H,2,15H2,1H3. The van der Waals surface area contributed by atoms with Crippen LogP contribution in [-0.4, -0.2) is 5.97 Å². The van der Waals surface area contributed by atoms with Crippen molar-refractivity contribution in [2.75, 3.05) is 5.32 Å². The number of nitrogens with one attached hydrogen (secondary N) is 1. The fourth-order valence-electron chi connectivity index (χ4n) is 2.75. The number of anilines is 2. The van der Waals surface area contributed by atoms with E-state index in [1.807, 2.05) is 60.7 Å². The molecule has 0 bridgehead atoms. The molecular formula is C22H20ClNO2. The summed E-state index contributed by atoms with van der Waals surface area (Å²) in [6, 6.07) is 22.6. The molecule has 1 N–H and O–H groups in total. The maximum Gasteiger partial charge on any atom is 0.315 e. The van der Waals surface area contributed by atoms with Gasteiger partial charge in [-0.2, -0.15) is 0 Å². The van der Waals surface area contributed by atoms with Gasteiger partial charge >= 0.3 is 5.97 Å². The Morgan fingerprint density at radius 1 is 0.923 bits per heavy atom. The number of benzene rings is 3. The van der Waals surface area contributed by atoms with Crippen LogP contribution < -0.4 is 10.1 Å². The average Bonchev–Trinajstić information content (AvgIpc) is 2.65. The van der Waals surface area contributed by atoms with Crippen LogP contribution >= 0.6 is 11.6 Å². The van der Waals surface area contributed by atoms with Crippen molar-refractivity contribution in [3.8, 4) is 5.75 Å². The minimum atomic E-state index is -0.305. The minimum Gasteiger partial charge on any atom is -0.426 e. The number of rotatable bonds is 6. The largest absolute Gasteiger partial charge is 0.426 e. The molecule has 3 aromatic carbocycles. The van der Waals surface area contributed by atoms with Crippen LogP contribution in [0.15, 0.2) is 72.8 Å². The van der Waals surface area contributed by atoms with Crippen molar-refractivity contribution in [3.63, 3.8) is 0 Å². The Morgan fingerprint density at radius 2 is 1.62 bits per heavy atom. The molecule has 0 atom stereocenters. The monoisotopic (exact) mass is 365 g/mol. The summed E-state index contributed by atoms with van der Waals surface area (Å²) >= 11 is 6.37. The van der Waals surface area contributed by atoms with Crippen LogP contribution in [0.2, 0.25) is 5.02 Å². The Morgan fingerprint density at radius 3 is 2.38 bits per heavy atom. The van der Waals surface area contributed by atoms with Crippen LogP contribution in [0, 0.1) is 0 Å². The number of esters is 1. The SMILES string of the molecule is CCc1cccc(Cl)c1Nc1ccccc1CC(=O)Oc1ccccc1. The summed E-state index contributed by atoms with van der Waals surface area (Å²) in [5.41, 5.74) is 3.70. The number of carbonyl (C=O) groups is 1. The average molecular weight is 366 g/mol. The van der Waals surface area contributed by atoms with E-state index in [1.165, 1.54) is 0 Å². The van der Waals surface area contributed by atoms with E-state index in [2.05, 4.69) is 12.2 Å². The zero-order valence-electron chi connectivity index (χ0n) is 14.5. The van der Waals surface area contributed by atoms with Crippen LogP contribution in [-0.2, 0) is 17.6 Å². The molecule has 3 rings (SSSR count). The highest BCUT2D eigenvalue weighted by Crippen LogP contribution is 2.31. The third-order valence-electron chi connectivity index (χ3n) is 4.07. The second-order valence-corrected chi connectivity index (χ2v) is 6.28. The highest BCUT2D eigenvalue weighted by molar-refractivity contribution is 6.33. The second kappa shape index (κ2) is 8.54. The number of halogens is 1. The van der Waals surface area contributed by atoms with E-state index in [9.17, 15) is 4.79 Å². The van der Waals surface area contributed by atoms with E-state index in [1.54, 1.807) is 12.1 Å². The van der Waals surface area contributed by atoms with E-state index >= 15 is 0 Å². The zero-order chi connectivity index (χ0) is 18.4. The molecule has 26 heavy (non-hydrogen) atoms. The molecule has 3 aromatic rings. The lowest BCUT2D eigenvalue weighted by Gasteiger charge is -2.16. The summed E-state index contributed by atoms with van der Waals surface area (Å²) in [5.74, 6) is 0.239. The molecule has 132 valence electrons. The molecule has 0 spiro atoms. The maximum absolute atomic E-state index is 12.3. The Bertz CT molecular complexity index is 894. The lowest BCUT2D eigenvalue weighted by molar-refractivity contribution is -0.133. The van der Waals surface area contributed by atoms with Gasteiger partial charge in [0, 0.05) is 5.69 Å². The fraction of sp³-hybridized carbons (Fsp3) is 0.136. The molecule has 3 nitrogen and oxygen atoms in total. The van der Waals surface area contributed by atoms with Crippen LogP contribution in [0.3, 0.4) is 0 Å². The fourth-order valence-corrected chi connectivity index (χ4v) is 2.99. The Labute approximate surface area is 158 Å². The topological polar surface area (TPSA) is 38.3 Å². The summed E-state index contributed by atoms with van der Waals surface area (Å²) < 4.78 is 5.40. The molecule has 0 aliphatic rings. The molecular weight excluding hydrogens is 346 g/mol. The quantitative estimate of drug-likeness (QED) is 0.443. The Kier molecular flexibility index (Phi) is 5.92. The Balaban J connectivity index is 1.80. The summed E-state index contributed by atoms with van der Waals surface area (Å²) in [6.45, 7) is 2.08. The second-order valence-electron chi connectivity index (χ2n) is 5.87. The first-order valence-electron chi connectivity index (χ1n) is 8.55. The molecule has 0 unspecified atom stereocenters. The molecule has 0 aromatic heterocycles. The van der Waals surface area contributed by atoms with Gasteiger partial charge in [0.2, 0.25) is 0 Å². The van der Waals surface area contributed by atoms with Crippen molar-refractivity contribution < 1.29 is 9.53 Å². The van der Waals surface area contributed by atoms with Crippen LogP contribution in [0.1, 0.15) is 18.1 Å². The highest BCUT2D eigenvalue weighted by Gasteiger charge is 2.12. The maximum atomic E-state index is 12.3. The number of carbonyl (C=O) groups excluding carboxylic acids is 1. The van der Waals surface area contributed by atoms with E-state index in [0.717, 1.165) is 28.9 Å². The predicted molar refractivity (Wildman–Crippen MR) is 106 cm³/mol. The van der Waals surface area contributed by atoms with Gasteiger partial charge in [-0.05, 0) is 41.8 Å². The van der Waals surface area contributed by atoms with Crippen LogP contribution in [0.5, 0.6) is 5.75 Å². The van der Waals surface area contributed by atoms with Gasteiger partial charge < -0.3 is 10.1 Å². The minimum absolute atomic E-state index is 0.171. The van der Waals surface area contributed by atoms with Crippen molar-refractivity contribution >= 4 is 28.9 Å². The predicted octanol–water partition coefficient (Wildman–Crippen LogP) is 5.79. The Hall–Kier alpha value is -2.78. The molecule has 0 radical (unpaired) electrons. The van der Waals surface area contributed by atoms with Gasteiger partial charge in [-0.15, -0.1) is 0 Å². The van der Waals surface area contributed by atoms with Gasteiger partial charge in [0.15, 0.2) is 0 Å². The number of ether oxygens (including phenoxy) is 1. The zero-order valence-corrected chi connectivity index (χ0v) is 15.3. The lowest BCUT2D eigenvalue weighted by atomic mass is 10.1. The molecule has 0 heterocycles. The van der Waals surface area contributed by atoms with Crippen molar-refractivity contribution in [1.82, 2.24) is 0 Å². The van der Waals surface area contributed by atoms with Crippen molar-refractivity contribution in [1.29, 1.82) is 0 Å². The van der Waals surface area contributed by atoms with E-state index in [-0.39, 0.29) is 12.4 Å². The van der Waals surface area contributed by atoms with E-state index in [0.29, 0.717) is 10.8 Å². The normalized spacial score (nSPS) is 10.4. The third-order valence-corrected chi connectivity index (χ3v) is 4.38. The van der Waals surface area contributed by atoms with Crippen LogP contribution in [0.25, 0.3) is 0 Å². The lowest BCUT2D eigenvalue weighted by Crippen LogP contribution is -2.12. The molecule has 4 heteroatoms. The van der Waals surface area contributed by atoms with E-state index < -0.39 is 0 Å². The molecule has 0 amide bonds. The van der Waals surface area contributed by atoms with Crippen molar-refractivity contribution in [2.24, 2.45) is 0 Å². The first-order chi connectivity index (χ1) is 12.7. The van der Waals surface area contributed by atoms with Crippen molar-refractivity contribution in [3.05, 3.63) is 88.9 Å². The highest BCUT2D eigenvalue weighted by atomic mass is 35.5. The smallest absolute Gasteiger partial charge is 0.315 e. The third kappa shape index (κ3) is 4.44. The van der Waals surface area contributed by atoms with Gasteiger partial charge in [0.05, 0.1) is 17.1 Å². The van der Waals surface area contributed by atoms with Gasteiger partial charge in [-0.3, -0.25) is 4.79 Å². The number of hydrogen-bond donors (Lipinski definition) is 1. The van der Waals surface area contributed by atoms with Crippen LogP contribution in [0.4, 0.5) is 11.4 Å². The van der Waals surface area contributed by atoms with Gasteiger partial charge in [-0.1, -0.05) is 67.1 Å². The van der Waals surface area contributed by atoms with Crippen molar-refractivity contribution in [2.45, 2.75) is 19.8 Å². The van der Waals surface area contributed by atoms with Gasteiger partial charge in [-0.25, -0.2) is 0 Å².